The topological polar surface area (TPSA) is 136 Å². The van der Waals surface area contributed by atoms with Crippen molar-refractivity contribution in [2.75, 3.05) is 7.11 Å². The Kier molecular flexibility index (Phi) is 4.10. The molecule has 0 fully saturated rings. The maximum Gasteiger partial charge on any atom is 0.338 e. The molecule has 0 atom stereocenters. The molecule has 0 amide bonds. The second kappa shape index (κ2) is 5.54. The van der Waals surface area contributed by atoms with E-state index in [-0.39, 0.29) is 11.1 Å². The Labute approximate surface area is 106 Å². The maximum absolute atomic E-state index is 11.3. The van der Waals surface area contributed by atoms with E-state index in [0.29, 0.717) is 0 Å². The summed E-state index contributed by atoms with van der Waals surface area (Å²) in [4.78, 5) is 31.2. The summed E-state index contributed by atoms with van der Waals surface area (Å²) in [7, 11) is 1.04. The number of nitrogens with zero attached hydrogens (tertiary/aromatic N) is 3. The summed E-state index contributed by atoms with van der Waals surface area (Å²) >= 11 is 0. The molecule has 98 valence electrons. The van der Waals surface area contributed by atoms with E-state index in [4.69, 9.17) is 5.26 Å². The monoisotopic (exact) mass is 265 g/mol. The highest BCUT2D eigenvalue weighted by molar-refractivity contribution is 5.91. The number of hydrogen-bond acceptors (Lipinski definition) is 7. The van der Waals surface area contributed by atoms with Crippen molar-refractivity contribution in [1.82, 2.24) is 0 Å². The zero-order chi connectivity index (χ0) is 14.6. The van der Waals surface area contributed by atoms with Gasteiger partial charge in [-0.1, -0.05) is 0 Å². The van der Waals surface area contributed by atoms with Crippen LogP contribution in [0.25, 0.3) is 0 Å². The SMILES string of the molecule is COC(=O)c1cc([N+](=O)[O-])c(CC#N)c([N+](=O)[O-])c1. The van der Waals surface area contributed by atoms with E-state index >= 15 is 0 Å². The number of ether oxygens (including phenoxy) is 1. The fourth-order valence-corrected chi connectivity index (χ4v) is 1.46. The van der Waals surface area contributed by atoms with Gasteiger partial charge in [0.25, 0.3) is 11.4 Å². The first kappa shape index (κ1) is 14.0. The Morgan fingerprint density at radius 2 is 1.79 bits per heavy atom. The highest BCUT2D eigenvalue weighted by Gasteiger charge is 2.28. The summed E-state index contributed by atoms with van der Waals surface area (Å²) in [5, 5.41) is 30.3. The van der Waals surface area contributed by atoms with Crippen LogP contribution in [0.15, 0.2) is 12.1 Å². The number of carbonyl (C=O) groups excluding carboxylic acids is 1. The van der Waals surface area contributed by atoms with E-state index < -0.39 is 33.6 Å². The van der Waals surface area contributed by atoms with Crippen molar-refractivity contribution in [2.24, 2.45) is 0 Å². The first-order valence-corrected chi connectivity index (χ1v) is 4.83. The van der Waals surface area contributed by atoms with E-state index in [2.05, 4.69) is 4.74 Å². The van der Waals surface area contributed by atoms with Crippen LogP contribution < -0.4 is 0 Å². The molecule has 1 aromatic carbocycles. The fraction of sp³-hybridized carbons (Fsp3) is 0.200. The van der Waals surface area contributed by atoms with Gasteiger partial charge in [-0.25, -0.2) is 4.79 Å². The molecule has 1 rings (SSSR count). The molecular formula is C10H7N3O6. The van der Waals surface area contributed by atoms with Gasteiger partial charge in [-0.2, -0.15) is 5.26 Å². The summed E-state index contributed by atoms with van der Waals surface area (Å²) in [6.45, 7) is 0. The summed E-state index contributed by atoms with van der Waals surface area (Å²) in [5.74, 6) is -0.935. The van der Waals surface area contributed by atoms with Crippen molar-refractivity contribution < 1.29 is 19.4 Å². The Morgan fingerprint density at radius 1 is 1.32 bits per heavy atom. The third kappa shape index (κ3) is 2.81. The van der Waals surface area contributed by atoms with Crippen LogP contribution in [0.5, 0.6) is 0 Å². The first-order chi connectivity index (χ1) is 8.92. The van der Waals surface area contributed by atoms with Crippen molar-refractivity contribution in [1.29, 1.82) is 5.26 Å². The predicted molar refractivity (Wildman–Crippen MR) is 60.4 cm³/mol. The first-order valence-electron chi connectivity index (χ1n) is 4.83. The summed E-state index contributed by atoms with van der Waals surface area (Å²) < 4.78 is 4.36. The zero-order valence-electron chi connectivity index (χ0n) is 9.65. The number of nitriles is 1. The van der Waals surface area contributed by atoms with Crippen molar-refractivity contribution >= 4 is 17.3 Å². The van der Waals surface area contributed by atoms with E-state index in [0.717, 1.165) is 19.2 Å². The molecule has 0 aromatic heterocycles. The van der Waals surface area contributed by atoms with Crippen molar-refractivity contribution in [3.8, 4) is 6.07 Å². The number of nitro benzene ring substituents is 2. The molecule has 0 spiro atoms. The Hall–Kier alpha value is -3.02. The second-order valence-electron chi connectivity index (χ2n) is 3.33. The standard InChI is InChI=1S/C10H7N3O6/c1-19-10(14)6-4-8(12(15)16)7(2-3-11)9(5-6)13(17)18/h4-5H,2H2,1H3. The van der Waals surface area contributed by atoms with Gasteiger partial charge in [-0.05, 0) is 0 Å². The van der Waals surface area contributed by atoms with Gasteiger partial charge < -0.3 is 4.74 Å². The van der Waals surface area contributed by atoms with Crippen LogP contribution >= 0.6 is 0 Å². The lowest BCUT2D eigenvalue weighted by atomic mass is 10.0. The number of rotatable bonds is 4. The van der Waals surface area contributed by atoms with Crippen molar-refractivity contribution in [2.45, 2.75) is 6.42 Å². The van der Waals surface area contributed by atoms with Gasteiger partial charge in [0.05, 0.1) is 35.0 Å². The van der Waals surface area contributed by atoms with E-state index in [1.807, 2.05) is 0 Å². The van der Waals surface area contributed by atoms with Gasteiger partial charge >= 0.3 is 5.97 Å². The minimum Gasteiger partial charge on any atom is -0.465 e. The van der Waals surface area contributed by atoms with Gasteiger partial charge in [-0.3, -0.25) is 20.2 Å². The van der Waals surface area contributed by atoms with E-state index in [1.165, 1.54) is 0 Å². The number of benzene rings is 1. The molecular weight excluding hydrogens is 258 g/mol. The van der Waals surface area contributed by atoms with Crippen LogP contribution in [0.1, 0.15) is 15.9 Å². The molecule has 0 aliphatic rings. The zero-order valence-corrected chi connectivity index (χ0v) is 9.65. The highest BCUT2D eigenvalue weighted by atomic mass is 16.6. The number of esters is 1. The molecule has 1 aromatic rings. The molecule has 0 aliphatic heterocycles. The van der Waals surface area contributed by atoms with Crippen LogP contribution in [0.4, 0.5) is 11.4 Å². The van der Waals surface area contributed by atoms with Gasteiger partial charge in [0.15, 0.2) is 0 Å². The van der Waals surface area contributed by atoms with Gasteiger partial charge in [-0.15, -0.1) is 0 Å². The molecule has 9 nitrogen and oxygen atoms in total. The van der Waals surface area contributed by atoms with Gasteiger partial charge in [0, 0.05) is 12.1 Å². The molecule has 19 heavy (non-hydrogen) atoms. The summed E-state index contributed by atoms with van der Waals surface area (Å²) in [6, 6.07) is 3.32. The largest absolute Gasteiger partial charge is 0.465 e. The number of carbonyl (C=O) groups is 1. The van der Waals surface area contributed by atoms with Crippen LogP contribution in [0.2, 0.25) is 0 Å². The van der Waals surface area contributed by atoms with Crippen LogP contribution in [-0.4, -0.2) is 22.9 Å². The maximum atomic E-state index is 11.3. The molecule has 0 bridgehead atoms. The third-order valence-corrected chi connectivity index (χ3v) is 2.27. The summed E-state index contributed by atoms with van der Waals surface area (Å²) in [6.07, 6.45) is -0.506. The van der Waals surface area contributed by atoms with Gasteiger partial charge in [0.1, 0.15) is 5.56 Å². The molecule has 0 unspecified atom stereocenters. The number of nitro groups is 2. The van der Waals surface area contributed by atoms with Crippen LogP contribution in [0, 0.1) is 31.6 Å². The molecule has 0 saturated heterocycles. The smallest absolute Gasteiger partial charge is 0.338 e. The van der Waals surface area contributed by atoms with E-state index in [1.54, 1.807) is 6.07 Å². The van der Waals surface area contributed by atoms with E-state index in [9.17, 15) is 25.0 Å². The molecule has 9 heteroatoms. The molecule has 0 N–H and O–H groups in total. The second-order valence-corrected chi connectivity index (χ2v) is 3.33. The molecule has 0 heterocycles. The highest BCUT2D eigenvalue weighted by Crippen LogP contribution is 2.30. The Bertz CT molecular complexity index is 569. The average Bonchev–Trinajstić information content (AvgIpc) is 2.37. The quantitative estimate of drug-likeness (QED) is 0.455. The Balaban J connectivity index is 3.62. The minimum absolute atomic E-state index is 0.317. The normalized spacial score (nSPS) is 9.47. The predicted octanol–water partition coefficient (Wildman–Crippen LogP) is 1.36. The third-order valence-electron chi connectivity index (χ3n) is 2.27. The lowest BCUT2D eigenvalue weighted by molar-refractivity contribution is -0.395. The fourth-order valence-electron chi connectivity index (χ4n) is 1.46. The van der Waals surface area contributed by atoms with Crippen LogP contribution in [0.3, 0.4) is 0 Å². The number of hydrogen-bond donors (Lipinski definition) is 0. The summed E-state index contributed by atoms with van der Waals surface area (Å²) in [5.41, 5.74) is -1.97. The molecule has 0 radical (unpaired) electrons. The van der Waals surface area contributed by atoms with Gasteiger partial charge in [0.2, 0.25) is 0 Å². The molecule has 0 aliphatic carbocycles. The average molecular weight is 265 g/mol. The Morgan fingerprint density at radius 3 is 2.11 bits per heavy atom. The molecule has 0 saturated carbocycles. The van der Waals surface area contributed by atoms with Crippen molar-refractivity contribution in [3.63, 3.8) is 0 Å². The lowest BCUT2D eigenvalue weighted by Crippen LogP contribution is -2.07. The lowest BCUT2D eigenvalue weighted by Gasteiger charge is -2.04. The van der Waals surface area contributed by atoms with Crippen LogP contribution in [-0.2, 0) is 11.2 Å². The number of methoxy groups -OCH3 is 1. The minimum atomic E-state index is -0.935. The van der Waals surface area contributed by atoms with Crippen molar-refractivity contribution in [3.05, 3.63) is 43.5 Å².